The van der Waals surface area contributed by atoms with Crippen molar-refractivity contribution in [3.63, 3.8) is 0 Å². The van der Waals surface area contributed by atoms with Gasteiger partial charge < -0.3 is 19.3 Å². The SMILES string of the molecule is CC[C@H](C)NC(C)(C)C(=O)Cc1cc(C(C)(C)COC2CCCCO2)no1. The zero-order chi connectivity index (χ0) is 20.1. The number of carbonyl (C=O) groups is 1. The smallest absolute Gasteiger partial charge is 0.159 e. The first kappa shape index (κ1) is 22.1. The predicted molar refractivity (Wildman–Crippen MR) is 105 cm³/mol. The molecule has 0 saturated carbocycles. The van der Waals surface area contributed by atoms with Crippen LogP contribution in [0.4, 0.5) is 0 Å². The molecular formula is C21H36N2O4. The highest BCUT2D eigenvalue weighted by molar-refractivity contribution is 5.89. The van der Waals surface area contributed by atoms with Crippen LogP contribution in [0.3, 0.4) is 0 Å². The highest BCUT2D eigenvalue weighted by Crippen LogP contribution is 2.26. The van der Waals surface area contributed by atoms with Gasteiger partial charge in [-0.25, -0.2) is 0 Å². The summed E-state index contributed by atoms with van der Waals surface area (Å²) in [4.78, 5) is 12.7. The summed E-state index contributed by atoms with van der Waals surface area (Å²) >= 11 is 0. The van der Waals surface area contributed by atoms with Gasteiger partial charge in [0.25, 0.3) is 0 Å². The van der Waals surface area contributed by atoms with Crippen molar-refractivity contribution in [2.45, 2.75) is 96.9 Å². The average molecular weight is 381 g/mol. The Kier molecular flexibility index (Phi) is 7.60. The topological polar surface area (TPSA) is 73.6 Å². The van der Waals surface area contributed by atoms with Crippen LogP contribution in [0, 0.1) is 0 Å². The largest absolute Gasteiger partial charge is 0.361 e. The van der Waals surface area contributed by atoms with E-state index in [1.165, 1.54) is 0 Å². The molecule has 0 spiro atoms. The average Bonchev–Trinajstić information content (AvgIpc) is 3.10. The Morgan fingerprint density at radius 3 is 2.74 bits per heavy atom. The fourth-order valence-corrected chi connectivity index (χ4v) is 3.11. The molecule has 1 N–H and O–H groups in total. The van der Waals surface area contributed by atoms with Crippen molar-refractivity contribution in [1.82, 2.24) is 10.5 Å². The number of Topliss-reactive ketones (excluding diaryl/α,β-unsaturated/α-hetero) is 1. The lowest BCUT2D eigenvalue weighted by Gasteiger charge is -2.28. The lowest BCUT2D eigenvalue weighted by atomic mass is 9.89. The van der Waals surface area contributed by atoms with Gasteiger partial charge in [0.2, 0.25) is 0 Å². The minimum absolute atomic E-state index is 0.0927. The molecule has 0 bridgehead atoms. The van der Waals surface area contributed by atoms with Gasteiger partial charge in [0, 0.05) is 24.1 Å². The van der Waals surface area contributed by atoms with Crippen molar-refractivity contribution in [2.24, 2.45) is 0 Å². The number of hydrogen-bond acceptors (Lipinski definition) is 6. The standard InChI is InChI=1S/C21H36N2O4/c1-7-15(2)22-21(5,6)18(24)13-16-12-17(23-27-16)20(3,4)14-26-19-10-8-9-11-25-19/h12,15,19,22H,7-11,13-14H2,1-6H3/t15-,19?/m0/s1. The number of rotatable bonds is 10. The van der Waals surface area contributed by atoms with E-state index < -0.39 is 5.54 Å². The highest BCUT2D eigenvalue weighted by Gasteiger charge is 2.31. The van der Waals surface area contributed by atoms with Crippen LogP contribution in [0.5, 0.6) is 0 Å². The summed E-state index contributed by atoms with van der Waals surface area (Å²) in [5.41, 5.74) is -0.107. The summed E-state index contributed by atoms with van der Waals surface area (Å²) in [5, 5.41) is 7.57. The summed E-state index contributed by atoms with van der Waals surface area (Å²) in [6, 6.07) is 2.16. The number of nitrogens with one attached hydrogen (secondary N) is 1. The maximum absolute atomic E-state index is 12.7. The molecule has 6 heteroatoms. The van der Waals surface area contributed by atoms with Gasteiger partial charge in [-0.15, -0.1) is 0 Å². The van der Waals surface area contributed by atoms with Gasteiger partial charge in [0.15, 0.2) is 12.1 Å². The molecule has 0 aliphatic carbocycles. The summed E-state index contributed by atoms with van der Waals surface area (Å²) < 4.78 is 17.0. The van der Waals surface area contributed by atoms with Crippen molar-refractivity contribution in [2.75, 3.05) is 13.2 Å². The molecule has 0 amide bonds. The molecule has 1 aromatic rings. The Bertz CT molecular complexity index is 603. The normalized spacial score (nSPS) is 19.9. The number of ether oxygens (including phenoxy) is 2. The van der Waals surface area contributed by atoms with E-state index in [1.54, 1.807) is 0 Å². The quantitative estimate of drug-likeness (QED) is 0.666. The second-order valence-corrected chi connectivity index (χ2v) is 8.85. The summed E-state index contributed by atoms with van der Waals surface area (Å²) in [6.07, 6.45) is 4.26. The summed E-state index contributed by atoms with van der Waals surface area (Å²) in [7, 11) is 0. The fourth-order valence-electron chi connectivity index (χ4n) is 3.11. The molecule has 2 atom stereocenters. The van der Waals surface area contributed by atoms with Gasteiger partial charge in [-0.2, -0.15) is 0 Å². The van der Waals surface area contributed by atoms with Crippen LogP contribution >= 0.6 is 0 Å². The Hall–Kier alpha value is -1.24. The van der Waals surface area contributed by atoms with Crippen molar-refractivity contribution in [3.05, 3.63) is 17.5 Å². The highest BCUT2D eigenvalue weighted by atomic mass is 16.7. The lowest BCUT2D eigenvalue weighted by molar-refractivity contribution is -0.170. The van der Waals surface area contributed by atoms with E-state index in [4.69, 9.17) is 14.0 Å². The van der Waals surface area contributed by atoms with E-state index in [1.807, 2.05) is 19.9 Å². The molecule has 1 aromatic heterocycles. The molecule has 1 saturated heterocycles. The minimum Gasteiger partial charge on any atom is -0.361 e. The lowest BCUT2D eigenvalue weighted by Crippen LogP contribution is -2.51. The van der Waals surface area contributed by atoms with Gasteiger partial charge in [-0.3, -0.25) is 4.79 Å². The second kappa shape index (κ2) is 9.30. The Labute approximate surface area is 163 Å². The van der Waals surface area contributed by atoms with Crippen molar-refractivity contribution >= 4 is 5.78 Å². The van der Waals surface area contributed by atoms with Crippen LogP contribution in [0.25, 0.3) is 0 Å². The van der Waals surface area contributed by atoms with Gasteiger partial charge >= 0.3 is 0 Å². The second-order valence-electron chi connectivity index (χ2n) is 8.85. The zero-order valence-corrected chi connectivity index (χ0v) is 17.8. The molecular weight excluding hydrogens is 344 g/mol. The summed E-state index contributed by atoms with van der Waals surface area (Å²) in [5.74, 6) is 0.686. The molecule has 0 aromatic carbocycles. The zero-order valence-electron chi connectivity index (χ0n) is 17.8. The predicted octanol–water partition coefficient (Wildman–Crippen LogP) is 3.77. The number of carbonyl (C=O) groups excluding carboxylic acids is 1. The van der Waals surface area contributed by atoms with Gasteiger partial charge in [0.05, 0.1) is 24.3 Å². The molecule has 6 nitrogen and oxygen atoms in total. The molecule has 0 radical (unpaired) electrons. The first-order chi connectivity index (χ1) is 12.6. The Morgan fingerprint density at radius 1 is 1.37 bits per heavy atom. The molecule has 2 rings (SSSR count). The maximum atomic E-state index is 12.7. The Morgan fingerprint density at radius 2 is 2.11 bits per heavy atom. The molecule has 154 valence electrons. The number of nitrogens with zero attached hydrogens (tertiary/aromatic N) is 1. The van der Waals surface area contributed by atoms with Crippen LogP contribution in [-0.2, 0) is 26.1 Å². The van der Waals surface area contributed by atoms with E-state index in [9.17, 15) is 4.79 Å². The maximum Gasteiger partial charge on any atom is 0.159 e. The summed E-state index contributed by atoms with van der Waals surface area (Å²) in [6.45, 7) is 13.4. The van der Waals surface area contributed by atoms with Gasteiger partial charge in [-0.05, 0) is 46.5 Å². The Balaban J connectivity index is 1.93. The number of aromatic nitrogens is 1. The first-order valence-corrected chi connectivity index (χ1v) is 10.1. The third kappa shape index (κ3) is 6.40. The van der Waals surface area contributed by atoms with Crippen molar-refractivity contribution in [3.8, 4) is 0 Å². The third-order valence-electron chi connectivity index (χ3n) is 5.27. The van der Waals surface area contributed by atoms with E-state index in [-0.39, 0.29) is 30.0 Å². The van der Waals surface area contributed by atoms with Crippen LogP contribution in [-0.4, -0.2) is 42.0 Å². The third-order valence-corrected chi connectivity index (χ3v) is 5.27. The minimum atomic E-state index is -0.598. The van der Waals surface area contributed by atoms with Crippen LogP contribution in [0.2, 0.25) is 0 Å². The first-order valence-electron chi connectivity index (χ1n) is 10.1. The van der Waals surface area contributed by atoms with E-state index in [0.717, 1.165) is 38.0 Å². The number of ketones is 1. The van der Waals surface area contributed by atoms with E-state index >= 15 is 0 Å². The van der Waals surface area contributed by atoms with E-state index in [0.29, 0.717) is 12.4 Å². The van der Waals surface area contributed by atoms with Crippen LogP contribution in [0.1, 0.15) is 78.7 Å². The monoisotopic (exact) mass is 380 g/mol. The van der Waals surface area contributed by atoms with Crippen LogP contribution in [0.15, 0.2) is 10.6 Å². The molecule has 1 fully saturated rings. The van der Waals surface area contributed by atoms with Crippen molar-refractivity contribution in [1.29, 1.82) is 0 Å². The van der Waals surface area contributed by atoms with Crippen LogP contribution < -0.4 is 5.32 Å². The van der Waals surface area contributed by atoms with E-state index in [2.05, 4.69) is 38.2 Å². The number of hydrogen-bond donors (Lipinski definition) is 1. The molecule has 1 aliphatic heterocycles. The van der Waals surface area contributed by atoms with Crippen molar-refractivity contribution < 1.29 is 18.8 Å². The molecule has 1 aliphatic rings. The molecule has 2 heterocycles. The van der Waals surface area contributed by atoms with Gasteiger partial charge in [-0.1, -0.05) is 25.9 Å². The fraction of sp³-hybridized carbons (Fsp3) is 0.810. The molecule has 27 heavy (non-hydrogen) atoms. The van der Waals surface area contributed by atoms with Gasteiger partial charge in [0.1, 0.15) is 5.76 Å². The molecule has 1 unspecified atom stereocenters.